The summed E-state index contributed by atoms with van der Waals surface area (Å²) in [6, 6.07) is 3.59. The number of methoxy groups -OCH3 is 3. The van der Waals surface area contributed by atoms with E-state index in [0.29, 0.717) is 29.3 Å². The highest BCUT2D eigenvalue weighted by Crippen LogP contribution is 2.46. The predicted octanol–water partition coefficient (Wildman–Crippen LogP) is 3.57. The molecule has 1 fully saturated rings. The summed E-state index contributed by atoms with van der Waals surface area (Å²) in [7, 11) is 1.35. The minimum absolute atomic E-state index is 0.0710. The van der Waals surface area contributed by atoms with Crippen LogP contribution in [0.1, 0.15) is 50.6 Å². The van der Waals surface area contributed by atoms with Crippen LogP contribution in [-0.2, 0) is 4.57 Å². The van der Waals surface area contributed by atoms with E-state index >= 15 is 0 Å². The summed E-state index contributed by atoms with van der Waals surface area (Å²) in [5, 5.41) is 13.6. The van der Waals surface area contributed by atoms with Crippen molar-refractivity contribution < 1.29 is 28.8 Å². The summed E-state index contributed by atoms with van der Waals surface area (Å²) in [4.78, 5) is 10.3. The van der Waals surface area contributed by atoms with Gasteiger partial charge in [-0.25, -0.2) is 0 Å². The van der Waals surface area contributed by atoms with Gasteiger partial charge in [-0.1, -0.05) is 19.3 Å². The lowest BCUT2D eigenvalue weighted by Gasteiger charge is -2.25. The van der Waals surface area contributed by atoms with Crippen LogP contribution in [-0.4, -0.2) is 56.3 Å². The van der Waals surface area contributed by atoms with Gasteiger partial charge >= 0.3 is 0 Å². The molecule has 0 aliphatic heterocycles. The molecule has 1 aliphatic carbocycles. The summed E-state index contributed by atoms with van der Waals surface area (Å²) < 4.78 is 28.7. The number of nitrogens with one attached hydrogen (secondary N) is 1. The van der Waals surface area contributed by atoms with Gasteiger partial charge in [0.05, 0.1) is 33.6 Å². The monoisotopic (exact) mass is 429 g/mol. The molecule has 1 aromatic rings. The Morgan fingerprint density at radius 3 is 2.21 bits per heavy atom. The van der Waals surface area contributed by atoms with Crippen molar-refractivity contribution in [3.8, 4) is 17.2 Å². The molecule has 1 unspecified atom stereocenters. The van der Waals surface area contributed by atoms with Gasteiger partial charge in [0.25, 0.3) is 0 Å². The van der Waals surface area contributed by atoms with Gasteiger partial charge in [-0.15, -0.1) is 0 Å². The molecule has 29 heavy (non-hydrogen) atoms. The van der Waals surface area contributed by atoms with E-state index in [0.717, 1.165) is 31.2 Å². The number of benzene rings is 1. The Balaban J connectivity index is 1.92. The molecular weight excluding hydrogens is 393 g/mol. The molecule has 7 nitrogen and oxygen atoms in total. The van der Waals surface area contributed by atoms with Gasteiger partial charge in [0.2, 0.25) is 13.1 Å². The molecular formula is C21H36NO6P. The Kier molecular flexibility index (Phi) is 9.28. The Morgan fingerprint density at radius 2 is 1.69 bits per heavy atom. The fraction of sp³-hybridized carbons (Fsp3) is 0.714. The van der Waals surface area contributed by atoms with E-state index < -0.39 is 13.5 Å². The minimum atomic E-state index is -3.33. The Morgan fingerprint density at radius 1 is 1.10 bits per heavy atom. The minimum Gasteiger partial charge on any atom is -0.493 e. The van der Waals surface area contributed by atoms with Gasteiger partial charge < -0.3 is 29.5 Å². The van der Waals surface area contributed by atoms with Crippen LogP contribution in [0.15, 0.2) is 12.1 Å². The zero-order chi connectivity index (χ0) is 21.4. The van der Waals surface area contributed by atoms with E-state index in [4.69, 9.17) is 14.2 Å². The number of ether oxygens (including phenoxy) is 3. The van der Waals surface area contributed by atoms with Crippen LogP contribution in [0.3, 0.4) is 0 Å². The van der Waals surface area contributed by atoms with Crippen LogP contribution in [0.4, 0.5) is 0 Å². The summed E-state index contributed by atoms with van der Waals surface area (Å²) in [6.07, 6.45) is 4.93. The van der Waals surface area contributed by atoms with Crippen LogP contribution in [0, 0.1) is 5.92 Å². The maximum absolute atomic E-state index is 12.6. The first-order valence-electron chi connectivity index (χ1n) is 10.3. The third-order valence-electron chi connectivity index (χ3n) is 5.61. The molecule has 0 radical (unpaired) electrons. The summed E-state index contributed by atoms with van der Waals surface area (Å²) in [5.74, 6) is 1.96. The second-order valence-corrected chi connectivity index (χ2v) is 10.4. The molecule has 2 rings (SSSR count). The summed E-state index contributed by atoms with van der Waals surface area (Å²) >= 11 is 0. The molecule has 0 amide bonds. The molecule has 0 spiro atoms. The number of aliphatic hydroxyl groups is 1. The van der Waals surface area contributed by atoms with Crippen molar-refractivity contribution in [1.29, 1.82) is 0 Å². The van der Waals surface area contributed by atoms with Gasteiger partial charge in [-0.05, 0) is 43.4 Å². The highest BCUT2D eigenvalue weighted by atomic mass is 31.2. The third-order valence-corrected chi connectivity index (χ3v) is 7.69. The van der Waals surface area contributed by atoms with Crippen LogP contribution >= 0.6 is 7.37 Å². The molecule has 1 saturated carbocycles. The van der Waals surface area contributed by atoms with Gasteiger partial charge in [-0.3, -0.25) is 4.57 Å². The van der Waals surface area contributed by atoms with Crippen LogP contribution < -0.4 is 19.5 Å². The maximum Gasteiger partial charge on any atom is 0.203 e. The van der Waals surface area contributed by atoms with Crippen LogP contribution in [0.5, 0.6) is 17.2 Å². The molecule has 0 bridgehead atoms. The van der Waals surface area contributed by atoms with Gasteiger partial charge in [0.15, 0.2) is 11.5 Å². The second-order valence-electron chi connectivity index (χ2n) is 7.96. The van der Waals surface area contributed by atoms with Crippen molar-refractivity contribution in [2.45, 2.75) is 51.2 Å². The molecule has 0 heterocycles. The average molecular weight is 429 g/mol. The largest absolute Gasteiger partial charge is 0.493 e. The number of rotatable bonds is 11. The molecule has 0 saturated heterocycles. The predicted molar refractivity (Wildman–Crippen MR) is 115 cm³/mol. The zero-order valence-electron chi connectivity index (χ0n) is 18.0. The third kappa shape index (κ3) is 7.18. The van der Waals surface area contributed by atoms with Crippen molar-refractivity contribution in [2.75, 3.05) is 40.2 Å². The summed E-state index contributed by atoms with van der Waals surface area (Å²) in [6.45, 7) is 2.18. The lowest BCUT2D eigenvalue weighted by molar-refractivity contribution is 0.186. The van der Waals surface area contributed by atoms with Crippen molar-refractivity contribution in [3.05, 3.63) is 17.7 Å². The molecule has 3 N–H and O–H groups in total. The van der Waals surface area contributed by atoms with E-state index in [1.165, 1.54) is 6.42 Å². The van der Waals surface area contributed by atoms with Gasteiger partial charge in [0, 0.05) is 18.7 Å². The first-order valence-corrected chi connectivity index (χ1v) is 12.3. The molecule has 3 atom stereocenters. The first kappa shape index (κ1) is 24.0. The van der Waals surface area contributed by atoms with Crippen molar-refractivity contribution in [2.24, 2.45) is 5.92 Å². The standard InChI is InChI=1S/C21H36NO6P/c1-15(17-10-19(26-2)21(28-4)20(11-17)27-3)22-12-18(23)14-29(24,25)13-16-8-6-5-7-9-16/h10-11,15-16,18,22-23H,5-9,12-14H2,1-4H3,(H,24,25)/t15-,18+/m0/s1. The Labute approximate surface area is 174 Å². The topological polar surface area (TPSA) is 97.2 Å². The molecule has 0 aromatic heterocycles. The lowest BCUT2D eigenvalue weighted by atomic mass is 9.91. The Bertz CT molecular complexity index is 667. The highest BCUT2D eigenvalue weighted by molar-refractivity contribution is 7.58. The van der Waals surface area contributed by atoms with Crippen molar-refractivity contribution in [3.63, 3.8) is 0 Å². The van der Waals surface area contributed by atoms with E-state index in [-0.39, 0.29) is 18.7 Å². The SMILES string of the molecule is COc1cc([C@H](C)NC[C@@H](O)CP(=O)(O)CC2CCCCC2)cc(OC)c1OC. The fourth-order valence-electron chi connectivity index (χ4n) is 4.02. The van der Waals surface area contributed by atoms with Crippen molar-refractivity contribution in [1.82, 2.24) is 5.32 Å². The first-order chi connectivity index (χ1) is 13.8. The molecule has 1 aromatic carbocycles. The Hall–Kier alpha value is -1.27. The summed E-state index contributed by atoms with van der Waals surface area (Å²) in [5.41, 5.74) is 0.904. The number of aliphatic hydroxyl groups excluding tert-OH is 1. The van der Waals surface area contributed by atoms with E-state index in [2.05, 4.69) is 5.32 Å². The number of hydrogen-bond donors (Lipinski definition) is 3. The van der Waals surface area contributed by atoms with Crippen LogP contribution in [0.2, 0.25) is 0 Å². The van der Waals surface area contributed by atoms with Crippen LogP contribution in [0.25, 0.3) is 0 Å². The maximum atomic E-state index is 12.6. The second kappa shape index (κ2) is 11.2. The average Bonchev–Trinajstić information content (AvgIpc) is 2.70. The fourth-order valence-corrected chi connectivity index (χ4v) is 6.13. The zero-order valence-corrected chi connectivity index (χ0v) is 18.9. The quantitative estimate of drug-likeness (QED) is 0.463. The molecule has 166 valence electrons. The van der Waals surface area contributed by atoms with Gasteiger partial charge in [0.1, 0.15) is 0 Å². The highest BCUT2D eigenvalue weighted by Gasteiger charge is 2.28. The van der Waals surface area contributed by atoms with Crippen molar-refractivity contribution >= 4 is 7.37 Å². The van der Waals surface area contributed by atoms with E-state index in [9.17, 15) is 14.6 Å². The number of hydrogen-bond acceptors (Lipinski definition) is 6. The smallest absolute Gasteiger partial charge is 0.203 e. The molecule has 1 aliphatic rings. The van der Waals surface area contributed by atoms with Gasteiger partial charge in [-0.2, -0.15) is 0 Å². The van der Waals surface area contributed by atoms with E-state index in [1.807, 2.05) is 19.1 Å². The van der Waals surface area contributed by atoms with E-state index in [1.54, 1.807) is 21.3 Å². The molecule has 8 heteroatoms. The lowest BCUT2D eigenvalue weighted by Crippen LogP contribution is -2.32. The normalized spacial score (nSPS) is 19.2.